The number of anilines is 1. The molecule has 0 aromatic heterocycles. The van der Waals surface area contributed by atoms with Gasteiger partial charge in [-0.15, -0.1) is 0 Å². The van der Waals surface area contributed by atoms with Crippen molar-refractivity contribution in [2.45, 2.75) is 19.8 Å². The summed E-state index contributed by atoms with van der Waals surface area (Å²) in [5, 5.41) is 3.85. The van der Waals surface area contributed by atoms with E-state index in [2.05, 4.69) is 22.5 Å². The fourth-order valence-corrected chi connectivity index (χ4v) is 1.95. The fourth-order valence-electron chi connectivity index (χ4n) is 1.95. The number of hydrazone groups is 1. The highest BCUT2D eigenvalue weighted by Crippen LogP contribution is 2.17. The van der Waals surface area contributed by atoms with Gasteiger partial charge < -0.3 is 22.1 Å². The molecule has 0 saturated carbocycles. The Bertz CT molecular complexity index is 485. The second-order valence-corrected chi connectivity index (χ2v) is 5.04. The maximum Gasteiger partial charge on any atom is 0.116 e. The van der Waals surface area contributed by atoms with Gasteiger partial charge in [-0.2, -0.15) is 5.10 Å². The molecule has 6 nitrogen and oxygen atoms in total. The molecular weight excluding hydrogens is 264 g/mol. The molecule has 1 aromatic rings. The molecule has 6 heteroatoms. The standard InChI is InChI=1S/C10H15N5.C5H11N/c1-7(12)14-15-10(6-11)8-4-2-3-5-9(8)13;1-6-4-2-3-5-6/h2-6,15H,11,13H2,1H3,(H2,12,14);2-5H2,1H3. The third-order valence-electron chi connectivity index (χ3n) is 3.10. The number of para-hydroxylation sites is 1. The molecule has 2 rings (SSSR count). The molecule has 116 valence electrons. The molecule has 0 unspecified atom stereocenters. The van der Waals surface area contributed by atoms with E-state index in [0.717, 1.165) is 5.56 Å². The molecule has 21 heavy (non-hydrogen) atoms. The quantitative estimate of drug-likeness (QED) is 0.289. The maximum atomic E-state index is 5.79. The van der Waals surface area contributed by atoms with Gasteiger partial charge in [0.05, 0.1) is 5.70 Å². The molecule has 0 bridgehead atoms. The summed E-state index contributed by atoms with van der Waals surface area (Å²) in [4.78, 5) is 2.36. The van der Waals surface area contributed by atoms with Crippen LogP contribution in [0.2, 0.25) is 0 Å². The zero-order valence-corrected chi connectivity index (χ0v) is 12.8. The second-order valence-electron chi connectivity index (χ2n) is 5.04. The first kappa shape index (κ1) is 16.8. The Kier molecular flexibility index (Phi) is 7.11. The van der Waals surface area contributed by atoms with Gasteiger partial charge in [0.15, 0.2) is 0 Å². The molecule has 0 radical (unpaired) electrons. The van der Waals surface area contributed by atoms with Gasteiger partial charge >= 0.3 is 0 Å². The number of benzene rings is 1. The van der Waals surface area contributed by atoms with Crippen LogP contribution >= 0.6 is 0 Å². The van der Waals surface area contributed by atoms with Crippen LogP contribution in [0.1, 0.15) is 25.3 Å². The zero-order valence-electron chi connectivity index (χ0n) is 12.8. The van der Waals surface area contributed by atoms with Gasteiger partial charge in [0.1, 0.15) is 5.84 Å². The van der Waals surface area contributed by atoms with Gasteiger partial charge in [-0.05, 0) is 46.0 Å². The molecule has 1 fully saturated rings. The number of nitrogens with one attached hydrogen (secondary N) is 1. The van der Waals surface area contributed by atoms with E-state index in [1.54, 1.807) is 13.0 Å². The zero-order chi connectivity index (χ0) is 15.7. The van der Waals surface area contributed by atoms with Gasteiger partial charge in [-0.3, -0.25) is 5.43 Å². The van der Waals surface area contributed by atoms with Crippen molar-refractivity contribution in [1.82, 2.24) is 10.3 Å². The average molecular weight is 290 g/mol. The van der Waals surface area contributed by atoms with E-state index >= 15 is 0 Å². The summed E-state index contributed by atoms with van der Waals surface area (Å²) in [5.41, 5.74) is 21.5. The van der Waals surface area contributed by atoms with Crippen LogP contribution in [-0.4, -0.2) is 30.9 Å². The van der Waals surface area contributed by atoms with Gasteiger partial charge in [-0.25, -0.2) is 0 Å². The lowest BCUT2D eigenvalue weighted by atomic mass is 10.1. The Morgan fingerprint density at radius 1 is 1.29 bits per heavy atom. The van der Waals surface area contributed by atoms with Crippen LogP contribution < -0.4 is 22.6 Å². The number of nitrogens with two attached hydrogens (primary N) is 3. The summed E-state index contributed by atoms with van der Waals surface area (Å²) in [5.74, 6) is 0.420. The van der Waals surface area contributed by atoms with E-state index in [1.807, 2.05) is 18.2 Å². The molecule has 1 aromatic carbocycles. The number of hydrogen-bond donors (Lipinski definition) is 4. The lowest BCUT2D eigenvalue weighted by Gasteiger charge is -2.08. The van der Waals surface area contributed by atoms with Crippen LogP contribution in [0.5, 0.6) is 0 Å². The molecule has 1 saturated heterocycles. The third kappa shape index (κ3) is 6.18. The Morgan fingerprint density at radius 3 is 2.33 bits per heavy atom. The van der Waals surface area contributed by atoms with Crippen LogP contribution in [0.3, 0.4) is 0 Å². The Morgan fingerprint density at radius 2 is 1.90 bits per heavy atom. The lowest BCUT2D eigenvalue weighted by Crippen LogP contribution is -2.15. The molecule has 1 heterocycles. The van der Waals surface area contributed by atoms with Gasteiger partial charge in [0.25, 0.3) is 0 Å². The van der Waals surface area contributed by atoms with Crippen LogP contribution in [0.4, 0.5) is 5.69 Å². The highest BCUT2D eigenvalue weighted by atomic mass is 15.3. The average Bonchev–Trinajstić information content (AvgIpc) is 2.93. The first-order valence-corrected chi connectivity index (χ1v) is 7.05. The summed E-state index contributed by atoms with van der Waals surface area (Å²) >= 11 is 0. The lowest BCUT2D eigenvalue weighted by molar-refractivity contribution is 0.418. The van der Waals surface area contributed by atoms with Crippen LogP contribution in [0.25, 0.3) is 5.70 Å². The summed E-state index contributed by atoms with van der Waals surface area (Å²) in [7, 11) is 2.17. The third-order valence-corrected chi connectivity index (χ3v) is 3.10. The van der Waals surface area contributed by atoms with E-state index in [-0.39, 0.29) is 0 Å². The summed E-state index contributed by atoms with van der Waals surface area (Å²) in [6.07, 6.45) is 4.23. The van der Waals surface area contributed by atoms with Crippen LogP contribution in [0, 0.1) is 0 Å². The first-order chi connectivity index (χ1) is 10.0. The molecule has 0 amide bonds. The monoisotopic (exact) mass is 290 g/mol. The highest BCUT2D eigenvalue weighted by Gasteiger charge is 2.03. The number of nitrogen functional groups attached to an aromatic ring is 1. The largest absolute Gasteiger partial charge is 0.403 e. The van der Waals surface area contributed by atoms with Gasteiger partial charge in [0.2, 0.25) is 0 Å². The number of nitrogens with zero attached hydrogens (tertiary/aromatic N) is 2. The van der Waals surface area contributed by atoms with E-state index in [1.165, 1.54) is 32.1 Å². The smallest absolute Gasteiger partial charge is 0.116 e. The van der Waals surface area contributed by atoms with Crippen molar-refractivity contribution in [2.75, 3.05) is 25.9 Å². The summed E-state index contributed by atoms with van der Waals surface area (Å²) < 4.78 is 0. The van der Waals surface area contributed by atoms with Crippen LogP contribution in [-0.2, 0) is 0 Å². The van der Waals surface area contributed by atoms with Crippen molar-refractivity contribution in [2.24, 2.45) is 16.6 Å². The van der Waals surface area contributed by atoms with Crippen molar-refractivity contribution in [3.05, 3.63) is 36.0 Å². The van der Waals surface area contributed by atoms with Crippen molar-refractivity contribution in [1.29, 1.82) is 0 Å². The van der Waals surface area contributed by atoms with E-state index in [4.69, 9.17) is 17.2 Å². The number of hydrogen-bond acceptors (Lipinski definition) is 5. The van der Waals surface area contributed by atoms with E-state index in [0.29, 0.717) is 17.2 Å². The summed E-state index contributed by atoms with van der Waals surface area (Å²) in [6, 6.07) is 7.36. The molecule has 7 N–H and O–H groups in total. The van der Waals surface area contributed by atoms with E-state index in [9.17, 15) is 0 Å². The van der Waals surface area contributed by atoms with Crippen molar-refractivity contribution in [3.63, 3.8) is 0 Å². The molecule has 0 atom stereocenters. The minimum Gasteiger partial charge on any atom is -0.403 e. The van der Waals surface area contributed by atoms with Crippen molar-refractivity contribution < 1.29 is 0 Å². The van der Waals surface area contributed by atoms with Crippen molar-refractivity contribution >= 4 is 17.2 Å². The molecule has 0 spiro atoms. The summed E-state index contributed by atoms with van der Waals surface area (Å²) in [6.45, 7) is 4.31. The molecule has 1 aliphatic rings. The predicted octanol–water partition coefficient (Wildman–Crippen LogP) is 1.12. The van der Waals surface area contributed by atoms with Gasteiger partial charge in [0, 0.05) is 17.5 Å². The molecule has 0 aliphatic carbocycles. The van der Waals surface area contributed by atoms with Crippen LogP contribution in [0.15, 0.2) is 35.6 Å². The number of likely N-dealkylation sites (tertiary alicyclic amines) is 1. The Labute approximate surface area is 126 Å². The van der Waals surface area contributed by atoms with Crippen molar-refractivity contribution in [3.8, 4) is 0 Å². The Hall–Kier alpha value is -2.21. The SMILES string of the molecule is C/C(N)=N\NC(=CN)c1ccccc1N.CN1CCCC1. The first-order valence-electron chi connectivity index (χ1n) is 7.05. The second kappa shape index (κ2) is 8.86. The minimum atomic E-state index is 0.420. The predicted molar refractivity (Wildman–Crippen MR) is 90.2 cm³/mol. The topological polar surface area (TPSA) is 106 Å². The van der Waals surface area contributed by atoms with E-state index < -0.39 is 0 Å². The number of rotatable bonds is 3. The normalized spacial score (nSPS) is 16.3. The number of amidine groups is 1. The maximum absolute atomic E-state index is 5.79. The fraction of sp³-hybridized carbons (Fsp3) is 0.400. The van der Waals surface area contributed by atoms with Gasteiger partial charge in [-0.1, -0.05) is 18.2 Å². The Balaban J connectivity index is 0.000000304. The molecule has 1 aliphatic heterocycles. The minimum absolute atomic E-state index is 0.420. The highest BCUT2D eigenvalue weighted by molar-refractivity contribution is 5.79. The molecular formula is C15H26N6.